The van der Waals surface area contributed by atoms with Gasteiger partial charge in [-0.15, -0.1) is 0 Å². The number of thioether (sulfide) groups is 1. The lowest BCUT2D eigenvalue weighted by Gasteiger charge is -2.16. The SMILES string of the molecule is CCN(CC)CCSCC=CCS. The molecule has 0 radical (unpaired) electrons. The minimum absolute atomic E-state index is 0.858. The minimum Gasteiger partial charge on any atom is -0.303 e. The standard InChI is InChI=1S/C10H21NS2/c1-3-11(4-2)7-10-13-9-6-5-8-12/h5-6,12H,3-4,7-10H2,1-2H3. The third-order valence-corrected chi connectivity index (χ3v) is 3.04. The number of hydrogen-bond acceptors (Lipinski definition) is 3. The van der Waals surface area contributed by atoms with E-state index >= 15 is 0 Å². The first-order valence-corrected chi connectivity index (χ1v) is 6.69. The molecule has 0 spiro atoms. The van der Waals surface area contributed by atoms with Gasteiger partial charge in [0, 0.05) is 23.8 Å². The number of thiol groups is 1. The van der Waals surface area contributed by atoms with Crippen LogP contribution in [0.15, 0.2) is 12.2 Å². The smallest absolute Gasteiger partial charge is 0.0114 e. The van der Waals surface area contributed by atoms with Crippen LogP contribution in [-0.4, -0.2) is 41.8 Å². The monoisotopic (exact) mass is 219 g/mol. The Bertz CT molecular complexity index is 122. The van der Waals surface area contributed by atoms with Crippen LogP contribution in [0.4, 0.5) is 0 Å². The molecule has 0 aromatic heterocycles. The Morgan fingerprint density at radius 2 is 1.92 bits per heavy atom. The zero-order chi connectivity index (χ0) is 9.94. The van der Waals surface area contributed by atoms with Crippen LogP contribution in [0.3, 0.4) is 0 Å². The maximum Gasteiger partial charge on any atom is 0.0114 e. The molecule has 0 saturated heterocycles. The molecule has 3 heteroatoms. The molecule has 0 N–H and O–H groups in total. The second-order valence-corrected chi connectivity index (χ2v) is 4.27. The molecule has 13 heavy (non-hydrogen) atoms. The van der Waals surface area contributed by atoms with Crippen molar-refractivity contribution >= 4 is 24.4 Å². The highest BCUT2D eigenvalue weighted by Crippen LogP contribution is 2.01. The molecule has 0 heterocycles. The van der Waals surface area contributed by atoms with Gasteiger partial charge in [0.2, 0.25) is 0 Å². The average molecular weight is 219 g/mol. The van der Waals surface area contributed by atoms with Gasteiger partial charge in [-0.3, -0.25) is 0 Å². The van der Waals surface area contributed by atoms with Gasteiger partial charge in [0.05, 0.1) is 0 Å². The maximum absolute atomic E-state index is 4.10. The van der Waals surface area contributed by atoms with Crippen molar-refractivity contribution in [2.24, 2.45) is 0 Å². The Labute approximate surface area is 92.4 Å². The van der Waals surface area contributed by atoms with E-state index in [0.29, 0.717) is 0 Å². The normalized spacial score (nSPS) is 11.7. The molecule has 0 atom stereocenters. The molecule has 0 bridgehead atoms. The van der Waals surface area contributed by atoms with E-state index in [0.717, 1.165) is 11.5 Å². The minimum atomic E-state index is 0.858. The Morgan fingerprint density at radius 1 is 1.23 bits per heavy atom. The molecule has 0 aliphatic heterocycles. The van der Waals surface area contributed by atoms with Gasteiger partial charge in [0.1, 0.15) is 0 Å². The van der Waals surface area contributed by atoms with Crippen LogP contribution >= 0.6 is 24.4 Å². The quantitative estimate of drug-likeness (QED) is 0.380. The summed E-state index contributed by atoms with van der Waals surface area (Å²) in [6.07, 6.45) is 4.30. The highest BCUT2D eigenvalue weighted by Gasteiger charge is 1.96. The van der Waals surface area contributed by atoms with E-state index in [-0.39, 0.29) is 0 Å². The first-order chi connectivity index (χ1) is 6.35. The number of rotatable bonds is 8. The molecule has 1 nitrogen and oxygen atoms in total. The zero-order valence-corrected chi connectivity index (χ0v) is 10.4. The fourth-order valence-corrected chi connectivity index (χ4v) is 2.00. The van der Waals surface area contributed by atoms with Crippen molar-refractivity contribution in [2.75, 3.05) is 36.9 Å². The van der Waals surface area contributed by atoms with E-state index in [2.05, 4.69) is 43.5 Å². The first-order valence-electron chi connectivity index (χ1n) is 4.91. The van der Waals surface area contributed by atoms with Crippen LogP contribution < -0.4 is 0 Å². The number of hydrogen-bond donors (Lipinski definition) is 1. The fraction of sp³-hybridized carbons (Fsp3) is 0.800. The summed E-state index contributed by atoms with van der Waals surface area (Å²) in [5.74, 6) is 3.22. The summed E-state index contributed by atoms with van der Waals surface area (Å²) in [6, 6.07) is 0. The zero-order valence-electron chi connectivity index (χ0n) is 8.70. The summed E-state index contributed by atoms with van der Waals surface area (Å²) in [5, 5.41) is 0. The van der Waals surface area contributed by atoms with Crippen LogP contribution in [0.25, 0.3) is 0 Å². The molecular weight excluding hydrogens is 198 g/mol. The van der Waals surface area contributed by atoms with Gasteiger partial charge < -0.3 is 4.90 Å². The molecule has 0 rings (SSSR count). The highest BCUT2D eigenvalue weighted by molar-refractivity contribution is 7.99. The molecular formula is C10H21NS2. The van der Waals surface area contributed by atoms with Crippen molar-refractivity contribution in [1.29, 1.82) is 0 Å². The lowest BCUT2D eigenvalue weighted by atomic mass is 10.5. The topological polar surface area (TPSA) is 3.24 Å². The third-order valence-electron chi connectivity index (χ3n) is 1.93. The van der Waals surface area contributed by atoms with Gasteiger partial charge in [0.15, 0.2) is 0 Å². The van der Waals surface area contributed by atoms with Crippen LogP contribution in [-0.2, 0) is 0 Å². The highest BCUT2D eigenvalue weighted by atomic mass is 32.2. The first kappa shape index (κ1) is 13.4. The predicted molar refractivity (Wildman–Crippen MR) is 68.1 cm³/mol. The summed E-state index contributed by atoms with van der Waals surface area (Å²) >= 11 is 6.09. The van der Waals surface area contributed by atoms with Gasteiger partial charge in [-0.05, 0) is 13.1 Å². The Morgan fingerprint density at radius 3 is 2.46 bits per heavy atom. The Hall–Kier alpha value is 0.400. The van der Waals surface area contributed by atoms with Gasteiger partial charge in [-0.1, -0.05) is 26.0 Å². The Balaban J connectivity index is 3.19. The van der Waals surface area contributed by atoms with Crippen molar-refractivity contribution in [3.8, 4) is 0 Å². The van der Waals surface area contributed by atoms with Crippen molar-refractivity contribution in [3.05, 3.63) is 12.2 Å². The molecule has 78 valence electrons. The summed E-state index contributed by atoms with van der Waals surface area (Å²) in [7, 11) is 0. The Kier molecular flexibility index (Phi) is 10.8. The molecule has 0 aromatic carbocycles. The largest absolute Gasteiger partial charge is 0.303 e. The second kappa shape index (κ2) is 10.5. The summed E-state index contributed by atoms with van der Waals surface area (Å²) < 4.78 is 0. The molecule has 0 aliphatic carbocycles. The van der Waals surface area contributed by atoms with Crippen molar-refractivity contribution < 1.29 is 0 Å². The summed E-state index contributed by atoms with van der Waals surface area (Å²) in [4.78, 5) is 2.45. The van der Waals surface area contributed by atoms with Gasteiger partial charge in [-0.25, -0.2) is 0 Å². The molecule has 0 fully saturated rings. The van der Waals surface area contributed by atoms with Crippen LogP contribution in [0.2, 0.25) is 0 Å². The summed E-state index contributed by atoms with van der Waals surface area (Å²) in [5.41, 5.74) is 0. The van der Waals surface area contributed by atoms with Crippen LogP contribution in [0.1, 0.15) is 13.8 Å². The van der Waals surface area contributed by atoms with Gasteiger partial charge >= 0.3 is 0 Å². The van der Waals surface area contributed by atoms with Crippen molar-refractivity contribution in [3.63, 3.8) is 0 Å². The fourth-order valence-electron chi connectivity index (χ4n) is 1.03. The molecule has 0 unspecified atom stereocenters. The van der Waals surface area contributed by atoms with E-state index < -0.39 is 0 Å². The number of nitrogens with zero attached hydrogens (tertiary/aromatic N) is 1. The molecule has 0 amide bonds. The van der Waals surface area contributed by atoms with Gasteiger partial charge in [-0.2, -0.15) is 24.4 Å². The lowest BCUT2D eigenvalue weighted by Crippen LogP contribution is -2.25. The van der Waals surface area contributed by atoms with E-state index in [9.17, 15) is 0 Å². The molecule has 0 aromatic rings. The molecule has 0 saturated carbocycles. The summed E-state index contributed by atoms with van der Waals surface area (Å²) in [6.45, 7) is 7.99. The van der Waals surface area contributed by atoms with E-state index in [1.807, 2.05) is 11.8 Å². The van der Waals surface area contributed by atoms with Crippen molar-refractivity contribution in [2.45, 2.75) is 13.8 Å². The second-order valence-electron chi connectivity index (χ2n) is 2.76. The predicted octanol–water partition coefficient (Wildman–Crippen LogP) is 2.55. The van der Waals surface area contributed by atoms with Crippen molar-refractivity contribution in [1.82, 2.24) is 4.90 Å². The van der Waals surface area contributed by atoms with Crippen LogP contribution in [0, 0.1) is 0 Å². The van der Waals surface area contributed by atoms with E-state index in [4.69, 9.17) is 0 Å². The van der Waals surface area contributed by atoms with Crippen LogP contribution in [0.5, 0.6) is 0 Å². The average Bonchev–Trinajstić information content (AvgIpc) is 2.17. The van der Waals surface area contributed by atoms with Gasteiger partial charge in [0.25, 0.3) is 0 Å². The van der Waals surface area contributed by atoms with E-state index in [1.54, 1.807) is 0 Å². The maximum atomic E-state index is 4.10. The molecule has 0 aliphatic rings. The van der Waals surface area contributed by atoms with E-state index in [1.165, 1.54) is 25.4 Å². The lowest BCUT2D eigenvalue weighted by molar-refractivity contribution is 0.324. The third kappa shape index (κ3) is 8.72.